The monoisotopic (exact) mass is 260 g/mol. The molecule has 0 saturated carbocycles. The Labute approximate surface area is 112 Å². The highest BCUT2D eigenvalue weighted by atomic mass is 15.3. The molecule has 0 aliphatic carbocycles. The Hall–Kier alpha value is -1.82. The van der Waals surface area contributed by atoms with Crippen molar-refractivity contribution in [3.8, 4) is 0 Å². The normalized spacial score (nSPS) is 17.9. The lowest BCUT2D eigenvalue weighted by Crippen LogP contribution is -2.34. The summed E-state index contributed by atoms with van der Waals surface area (Å²) in [4.78, 5) is 2.45. The van der Waals surface area contributed by atoms with Gasteiger partial charge in [-0.15, -0.1) is 0 Å². The number of nitrogen functional groups attached to an aromatic ring is 1. The van der Waals surface area contributed by atoms with Crippen LogP contribution in [0.15, 0.2) is 24.5 Å². The van der Waals surface area contributed by atoms with Crippen molar-refractivity contribution in [1.82, 2.24) is 24.5 Å². The Kier molecular flexibility index (Phi) is 3.25. The van der Waals surface area contributed by atoms with E-state index in [9.17, 15) is 0 Å². The molecule has 0 unspecified atom stereocenters. The first-order chi connectivity index (χ1) is 9.20. The second-order valence-corrected chi connectivity index (χ2v) is 5.21. The number of likely N-dealkylation sites (tertiary alicyclic amines) is 1. The van der Waals surface area contributed by atoms with Crippen molar-refractivity contribution in [3.05, 3.63) is 30.2 Å². The zero-order valence-corrected chi connectivity index (χ0v) is 11.2. The summed E-state index contributed by atoms with van der Waals surface area (Å²) >= 11 is 0. The fraction of sp³-hybridized carbons (Fsp3) is 0.538. The molecule has 1 fully saturated rings. The molecule has 0 amide bonds. The highest BCUT2D eigenvalue weighted by molar-refractivity contribution is 5.24. The van der Waals surface area contributed by atoms with Crippen molar-refractivity contribution in [1.29, 1.82) is 0 Å². The molecule has 6 heteroatoms. The molecule has 0 bridgehead atoms. The van der Waals surface area contributed by atoms with Gasteiger partial charge in [-0.25, -0.2) is 0 Å². The minimum atomic E-state index is 0.484. The van der Waals surface area contributed by atoms with Crippen molar-refractivity contribution in [3.63, 3.8) is 0 Å². The summed E-state index contributed by atoms with van der Waals surface area (Å²) in [5.41, 5.74) is 6.81. The van der Waals surface area contributed by atoms with Gasteiger partial charge in [0.25, 0.3) is 0 Å². The minimum Gasteiger partial charge on any atom is -0.382 e. The van der Waals surface area contributed by atoms with Crippen molar-refractivity contribution in [2.75, 3.05) is 18.8 Å². The van der Waals surface area contributed by atoms with Gasteiger partial charge in [-0.3, -0.25) is 14.3 Å². The topological polar surface area (TPSA) is 64.9 Å². The highest BCUT2D eigenvalue weighted by Crippen LogP contribution is 2.23. The number of rotatable bonds is 3. The largest absolute Gasteiger partial charge is 0.382 e. The Balaban J connectivity index is 1.54. The lowest BCUT2D eigenvalue weighted by atomic mass is 10.1. The molecule has 19 heavy (non-hydrogen) atoms. The third-order valence-electron chi connectivity index (χ3n) is 3.71. The van der Waals surface area contributed by atoms with Gasteiger partial charge in [-0.05, 0) is 25.0 Å². The third-order valence-corrected chi connectivity index (χ3v) is 3.71. The number of anilines is 1. The van der Waals surface area contributed by atoms with Crippen molar-refractivity contribution in [2.24, 2.45) is 7.05 Å². The van der Waals surface area contributed by atoms with Gasteiger partial charge in [0.05, 0.1) is 11.7 Å². The van der Waals surface area contributed by atoms with Gasteiger partial charge in [0.1, 0.15) is 5.82 Å². The van der Waals surface area contributed by atoms with Crippen LogP contribution in [-0.2, 0) is 13.6 Å². The number of nitrogens with zero attached hydrogens (tertiary/aromatic N) is 5. The molecule has 0 atom stereocenters. The number of aromatic nitrogens is 4. The van der Waals surface area contributed by atoms with Crippen LogP contribution in [0.2, 0.25) is 0 Å². The molecule has 102 valence electrons. The maximum Gasteiger partial charge on any atom is 0.145 e. The molecule has 2 aromatic rings. The van der Waals surface area contributed by atoms with E-state index < -0.39 is 0 Å². The summed E-state index contributed by atoms with van der Waals surface area (Å²) in [6.07, 6.45) is 6.21. The van der Waals surface area contributed by atoms with Crippen molar-refractivity contribution in [2.45, 2.75) is 25.4 Å². The Bertz CT molecular complexity index is 535. The molecule has 0 aromatic carbocycles. The van der Waals surface area contributed by atoms with Crippen LogP contribution in [-0.4, -0.2) is 37.6 Å². The van der Waals surface area contributed by atoms with Crippen LogP contribution < -0.4 is 5.73 Å². The van der Waals surface area contributed by atoms with E-state index >= 15 is 0 Å². The number of piperidine rings is 1. The van der Waals surface area contributed by atoms with Gasteiger partial charge in [0.15, 0.2) is 0 Å². The van der Waals surface area contributed by atoms with E-state index in [-0.39, 0.29) is 0 Å². The molecule has 1 aliphatic rings. The zero-order chi connectivity index (χ0) is 13.2. The van der Waals surface area contributed by atoms with Gasteiger partial charge in [-0.2, -0.15) is 10.2 Å². The van der Waals surface area contributed by atoms with Gasteiger partial charge >= 0.3 is 0 Å². The predicted molar refractivity (Wildman–Crippen MR) is 73.4 cm³/mol. The Morgan fingerprint density at radius 3 is 2.58 bits per heavy atom. The van der Waals surface area contributed by atoms with Crippen molar-refractivity contribution < 1.29 is 0 Å². The standard InChI is InChI=1S/C13H20N6/c1-17-6-2-11(15-17)10-18-7-3-12(4-8-18)19-9-5-13(14)16-19/h2,5-6,9,12H,3-4,7-8,10H2,1H3,(H2,14,16). The van der Waals surface area contributed by atoms with E-state index in [2.05, 4.69) is 21.2 Å². The molecule has 6 nitrogen and oxygen atoms in total. The molecule has 1 saturated heterocycles. The first-order valence-electron chi connectivity index (χ1n) is 6.72. The summed E-state index contributed by atoms with van der Waals surface area (Å²) in [6, 6.07) is 4.43. The second-order valence-electron chi connectivity index (χ2n) is 5.21. The zero-order valence-electron chi connectivity index (χ0n) is 11.2. The van der Waals surface area contributed by atoms with Crippen LogP contribution >= 0.6 is 0 Å². The van der Waals surface area contributed by atoms with Crippen molar-refractivity contribution >= 4 is 5.82 Å². The van der Waals surface area contributed by atoms with Gasteiger partial charge in [0.2, 0.25) is 0 Å². The first-order valence-corrected chi connectivity index (χ1v) is 6.72. The predicted octanol–water partition coefficient (Wildman–Crippen LogP) is 1.04. The van der Waals surface area contributed by atoms with E-state index in [1.807, 2.05) is 34.9 Å². The van der Waals surface area contributed by atoms with E-state index in [1.54, 1.807) is 0 Å². The van der Waals surface area contributed by atoms with Gasteiger partial charge < -0.3 is 5.73 Å². The molecule has 2 N–H and O–H groups in total. The van der Waals surface area contributed by atoms with Crippen LogP contribution in [0.5, 0.6) is 0 Å². The third kappa shape index (κ3) is 2.78. The fourth-order valence-corrected chi connectivity index (χ4v) is 2.67. The summed E-state index contributed by atoms with van der Waals surface area (Å²) in [7, 11) is 1.96. The van der Waals surface area contributed by atoms with E-state index in [0.29, 0.717) is 11.9 Å². The molecule has 3 rings (SSSR count). The minimum absolute atomic E-state index is 0.484. The molecule has 0 spiro atoms. The van der Waals surface area contributed by atoms with E-state index in [1.165, 1.54) is 0 Å². The highest BCUT2D eigenvalue weighted by Gasteiger charge is 2.21. The lowest BCUT2D eigenvalue weighted by Gasteiger charge is -2.31. The average Bonchev–Trinajstić information content (AvgIpc) is 3.00. The first kappa shape index (κ1) is 12.2. The number of nitrogens with two attached hydrogens (primary N) is 1. The lowest BCUT2D eigenvalue weighted by molar-refractivity contribution is 0.171. The van der Waals surface area contributed by atoms with Gasteiger partial charge in [-0.1, -0.05) is 0 Å². The fourth-order valence-electron chi connectivity index (χ4n) is 2.67. The Morgan fingerprint density at radius 1 is 1.21 bits per heavy atom. The summed E-state index contributed by atoms with van der Waals surface area (Å²) < 4.78 is 3.86. The van der Waals surface area contributed by atoms with Gasteiger partial charge in [0, 0.05) is 39.1 Å². The second kappa shape index (κ2) is 5.05. The summed E-state index contributed by atoms with van der Waals surface area (Å²) in [5, 5.41) is 8.73. The Morgan fingerprint density at radius 2 is 2.00 bits per heavy atom. The number of aryl methyl sites for hydroxylation is 1. The maximum atomic E-state index is 5.66. The molecule has 3 heterocycles. The summed E-state index contributed by atoms with van der Waals surface area (Å²) in [5.74, 6) is 0.607. The van der Waals surface area contributed by atoms with E-state index in [0.717, 1.165) is 38.2 Å². The molecule has 0 radical (unpaired) electrons. The van der Waals surface area contributed by atoms with Crippen LogP contribution in [0.3, 0.4) is 0 Å². The van der Waals surface area contributed by atoms with Crippen LogP contribution in [0.25, 0.3) is 0 Å². The molecular weight excluding hydrogens is 240 g/mol. The number of hydrogen-bond acceptors (Lipinski definition) is 4. The van der Waals surface area contributed by atoms with Crippen LogP contribution in [0, 0.1) is 0 Å². The molecule has 2 aromatic heterocycles. The maximum absolute atomic E-state index is 5.66. The quantitative estimate of drug-likeness (QED) is 0.895. The molecule has 1 aliphatic heterocycles. The summed E-state index contributed by atoms with van der Waals surface area (Å²) in [6.45, 7) is 3.11. The van der Waals surface area contributed by atoms with Crippen LogP contribution in [0.4, 0.5) is 5.82 Å². The number of hydrogen-bond donors (Lipinski definition) is 1. The van der Waals surface area contributed by atoms with Crippen LogP contribution in [0.1, 0.15) is 24.6 Å². The SMILES string of the molecule is Cn1ccc(CN2CCC(n3ccc(N)n3)CC2)n1. The van der Waals surface area contributed by atoms with E-state index in [4.69, 9.17) is 5.73 Å². The molecular formula is C13H20N6. The average molecular weight is 260 g/mol. The smallest absolute Gasteiger partial charge is 0.145 e.